The molecule has 0 unspecified atom stereocenters. The van der Waals surface area contributed by atoms with Gasteiger partial charge in [-0.2, -0.15) is 13.2 Å². The Balaban J connectivity index is 2.59. The summed E-state index contributed by atoms with van der Waals surface area (Å²) in [6.07, 6.45) is -1.68. The third-order valence-corrected chi connectivity index (χ3v) is 2.55. The van der Waals surface area contributed by atoms with Gasteiger partial charge in [-0.3, -0.25) is 0 Å². The predicted molar refractivity (Wildman–Crippen MR) is 68.0 cm³/mol. The summed E-state index contributed by atoms with van der Waals surface area (Å²) in [5.41, 5.74) is -1.08. The largest absolute Gasteiger partial charge is 0.418 e. The van der Waals surface area contributed by atoms with Crippen molar-refractivity contribution in [1.82, 2.24) is 5.32 Å². The van der Waals surface area contributed by atoms with Crippen molar-refractivity contribution in [3.8, 4) is 0 Å². The van der Waals surface area contributed by atoms with Crippen molar-refractivity contribution in [3.05, 3.63) is 29.8 Å². The molecule has 0 bridgehead atoms. The molecule has 0 atom stereocenters. The number of anilines is 1. The monoisotopic (exact) mass is 274 g/mol. The minimum Gasteiger partial charge on any atom is -0.338 e. The van der Waals surface area contributed by atoms with Crippen molar-refractivity contribution in [3.63, 3.8) is 0 Å². The quantitative estimate of drug-likeness (QED) is 0.782. The van der Waals surface area contributed by atoms with E-state index in [0.717, 1.165) is 25.3 Å². The molecule has 2 amide bonds. The van der Waals surface area contributed by atoms with Crippen LogP contribution in [0.1, 0.15) is 31.7 Å². The Bertz CT molecular complexity index is 419. The van der Waals surface area contributed by atoms with Gasteiger partial charge in [0, 0.05) is 6.54 Å². The average molecular weight is 274 g/mol. The van der Waals surface area contributed by atoms with Crippen LogP contribution in [0.5, 0.6) is 0 Å². The summed E-state index contributed by atoms with van der Waals surface area (Å²) in [6.45, 7) is 2.48. The van der Waals surface area contributed by atoms with E-state index in [1.165, 1.54) is 18.2 Å². The standard InChI is InChI=1S/C13H17F3N2O/c1-2-3-6-9-17-12(19)18-11-8-5-4-7-10(11)13(14,15)16/h4-5,7-8H,2-3,6,9H2,1H3,(H2,17,18,19). The van der Waals surface area contributed by atoms with Crippen LogP contribution in [0.15, 0.2) is 24.3 Å². The fourth-order valence-electron chi connectivity index (χ4n) is 1.58. The molecule has 0 saturated heterocycles. The third kappa shape index (κ3) is 5.19. The SMILES string of the molecule is CCCCCNC(=O)Nc1ccccc1C(F)(F)F. The first kappa shape index (κ1) is 15.3. The van der Waals surface area contributed by atoms with Crippen LogP contribution in [0.4, 0.5) is 23.7 Å². The molecular weight excluding hydrogens is 257 g/mol. The molecule has 1 rings (SSSR count). The van der Waals surface area contributed by atoms with E-state index in [2.05, 4.69) is 10.6 Å². The van der Waals surface area contributed by atoms with E-state index >= 15 is 0 Å². The van der Waals surface area contributed by atoms with Gasteiger partial charge in [-0.05, 0) is 18.6 Å². The highest BCUT2D eigenvalue weighted by Gasteiger charge is 2.33. The van der Waals surface area contributed by atoms with Crippen LogP contribution < -0.4 is 10.6 Å². The van der Waals surface area contributed by atoms with E-state index in [4.69, 9.17) is 0 Å². The topological polar surface area (TPSA) is 41.1 Å². The molecule has 1 aromatic carbocycles. The normalized spacial score (nSPS) is 11.2. The number of hydrogen-bond acceptors (Lipinski definition) is 1. The number of amides is 2. The molecule has 0 fully saturated rings. The maximum atomic E-state index is 12.7. The van der Waals surface area contributed by atoms with Gasteiger partial charge < -0.3 is 10.6 Å². The second-order valence-corrected chi connectivity index (χ2v) is 4.13. The molecule has 2 N–H and O–H groups in total. The number of carbonyl (C=O) groups excluding carboxylic acids is 1. The number of carbonyl (C=O) groups is 1. The van der Waals surface area contributed by atoms with Crippen LogP contribution in [0.2, 0.25) is 0 Å². The van der Waals surface area contributed by atoms with Crippen molar-refractivity contribution < 1.29 is 18.0 Å². The highest BCUT2D eigenvalue weighted by Crippen LogP contribution is 2.34. The van der Waals surface area contributed by atoms with E-state index in [1.807, 2.05) is 6.92 Å². The second-order valence-electron chi connectivity index (χ2n) is 4.13. The zero-order chi connectivity index (χ0) is 14.3. The minimum absolute atomic E-state index is 0.233. The van der Waals surface area contributed by atoms with Crippen molar-refractivity contribution in [2.24, 2.45) is 0 Å². The lowest BCUT2D eigenvalue weighted by molar-refractivity contribution is -0.136. The van der Waals surface area contributed by atoms with E-state index in [0.29, 0.717) is 6.54 Å². The summed E-state index contributed by atoms with van der Waals surface area (Å²) in [7, 11) is 0. The average Bonchev–Trinajstić information content (AvgIpc) is 2.34. The number of unbranched alkanes of at least 4 members (excludes halogenated alkanes) is 2. The van der Waals surface area contributed by atoms with E-state index in [-0.39, 0.29) is 5.69 Å². The van der Waals surface area contributed by atoms with Gasteiger partial charge in [-0.1, -0.05) is 31.9 Å². The molecular formula is C13H17F3N2O. The molecule has 0 aromatic heterocycles. The summed E-state index contributed by atoms with van der Waals surface area (Å²) in [5, 5.41) is 4.75. The first-order valence-electron chi connectivity index (χ1n) is 6.16. The molecule has 0 aliphatic rings. The lowest BCUT2D eigenvalue weighted by Gasteiger charge is -2.13. The summed E-state index contributed by atoms with van der Waals surface area (Å²) < 4.78 is 38.0. The van der Waals surface area contributed by atoms with E-state index in [1.54, 1.807) is 0 Å². The molecule has 0 radical (unpaired) electrons. The van der Waals surface area contributed by atoms with E-state index < -0.39 is 17.8 Å². The Hall–Kier alpha value is -1.72. The van der Waals surface area contributed by atoms with Gasteiger partial charge >= 0.3 is 12.2 Å². The zero-order valence-electron chi connectivity index (χ0n) is 10.7. The van der Waals surface area contributed by atoms with Gasteiger partial charge in [0.1, 0.15) is 0 Å². The maximum absolute atomic E-state index is 12.7. The number of para-hydroxylation sites is 1. The lowest BCUT2D eigenvalue weighted by Crippen LogP contribution is -2.30. The first-order valence-corrected chi connectivity index (χ1v) is 6.16. The Morgan fingerprint density at radius 1 is 1.21 bits per heavy atom. The van der Waals surface area contributed by atoms with Crippen LogP contribution in [0.25, 0.3) is 0 Å². The van der Waals surface area contributed by atoms with Crippen LogP contribution in [0, 0.1) is 0 Å². The van der Waals surface area contributed by atoms with Crippen LogP contribution >= 0.6 is 0 Å². The van der Waals surface area contributed by atoms with E-state index in [9.17, 15) is 18.0 Å². The third-order valence-electron chi connectivity index (χ3n) is 2.55. The number of benzene rings is 1. The number of urea groups is 1. The smallest absolute Gasteiger partial charge is 0.338 e. The predicted octanol–water partition coefficient (Wildman–Crippen LogP) is 4.02. The number of hydrogen-bond donors (Lipinski definition) is 2. The van der Waals surface area contributed by atoms with Gasteiger partial charge in [0.2, 0.25) is 0 Å². The first-order chi connectivity index (χ1) is 8.95. The number of nitrogens with one attached hydrogen (secondary N) is 2. The van der Waals surface area contributed by atoms with Crippen molar-refractivity contribution in [1.29, 1.82) is 0 Å². The Labute approximate surface area is 110 Å². The van der Waals surface area contributed by atoms with Gasteiger partial charge in [0.15, 0.2) is 0 Å². The molecule has 0 heterocycles. The molecule has 0 aliphatic heterocycles. The van der Waals surface area contributed by atoms with Crippen molar-refractivity contribution >= 4 is 11.7 Å². The molecule has 106 valence electrons. The van der Waals surface area contributed by atoms with Gasteiger partial charge in [0.05, 0.1) is 11.3 Å². The summed E-state index contributed by atoms with van der Waals surface area (Å²) >= 11 is 0. The lowest BCUT2D eigenvalue weighted by atomic mass is 10.1. The highest BCUT2D eigenvalue weighted by molar-refractivity contribution is 5.90. The Kier molecular flexibility index (Phi) is 5.66. The van der Waals surface area contributed by atoms with Crippen LogP contribution in [-0.4, -0.2) is 12.6 Å². The highest BCUT2D eigenvalue weighted by atomic mass is 19.4. The Morgan fingerprint density at radius 2 is 1.89 bits per heavy atom. The molecule has 0 saturated carbocycles. The molecule has 6 heteroatoms. The van der Waals surface area contributed by atoms with Gasteiger partial charge in [-0.25, -0.2) is 4.79 Å². The summed E-state index contributed by atoms with van der Waals surface area (Å²) in [4.78, 5) is 11.5. The summed E-state index contributed by atoms with van der Waals surface area (Å²) in [6, 6.07) is 4.28. The fraction of sp³-hybridized carbons (Fsp3) is 0.462. The fourth-order valence-corrected chi connectivity index (χ4v) is 1.58. The van der Waals surface area contributed by atoms with Gasteiger partial charge in [-0.15, -0.1) is 0 Å². The minimum atomic E-state index is -4.48. The number of rotatable bonds is 5. The molecule has 19 heavy (non-hydrogen) atoms. The molecule has 3 nitrogen and oxygen atoms in total. The number of alkyl halides is 3. The van der Waals surface area contributed by atoms with Crippen molar-refractivity contribution in [2.45, 2.75) is 32.4 Å². The molecule has 1 aromatic rings. The summed E-state index contributed by atoms with van der Waals surface area (Å²) in [5.74, 6) is 0. The maximum Gasteiger partial charge on any atom is 0.418 e. The second kappa shape index (κ2) is 7.01. The van der Waals surface area contributed by atoms with Crippen LogP contribution in [-0.2, 0) is 6.18 Å². The molecule has 0 aliphatic carbocycles. The van der Waals surface area contributed by atoms with Gasteiger partial charge in [0.25, 0.3) is 0 Å². The Morgan fingerprint density at radius 3 is 2.53 bits per heavy atom. The zero-order valence-corrected chi connectivity index (χ0v) is 10.7. The molecule has 0 spiro atoms. The number of halogens is 3. The van der Waals surface area contributed by atoms with Crippen LogP contribution in [0.3, 0.4) is 0 Å². The van der Waals surface area contributed by atoms with Crippen molar-refractivity contribution in [2.75, 3.05) is 11.9 Å².